The van der Waals surface area contributed by atoms with Gasteiger partial charge < -0.3 is 14.6 Å². The van der Waals surface area contributed by atoms with Crippen LogP contribution in [0.4, 0.5) is 24.7 Å². The first-order valence-corrected chi connectivity index (χ1v) is 9.46. The SMILES string of the molecule is CN(C)C(=O)c1cccc(-c2ccc3c(Nc4cccc(C(F)(F)F)c4)nccn23)c1. The summed E-state index contributed by atoms with van der Waals surface area (Å²) in [6.07, 6.45) is -1.09. The molecule has 8 heteroatoms. The van der Waals surface area contributed by atoms with Crippen LogP contribution in [0.2, 0.25) is 0 Å². The molecule has 0 atom stereocenters. The number of nitrogens with one attached hydrogen (secondary N) is 1. The molecule has 0 fully saturated rings. The van der Waals surface area contributed by atoms with E-state index in [1.807, 2.05) is 34.7 Å². The van der Waals surface area contributed by atoms with Crippen molar-refractivity contribution < 1.29 is 18.0 Å². The normalized spacial score (nSPS) is 11.5. The van der Waals surface area contributed by atoms with Gasteiger partial charge in [0.2, 0.25) is 0 Å². The van der Waals surface area contributed by atoms with Gasteiger partial charge in [-0.3, -0.25) is 4.79 Å². The van der Waals surface area contributed by atoms with Crippen LogP contribution in [0.25, 0.3) is 16.8 Å². The van der Waals surface area contributed by atoms with Gasteiger partial charge >= 0.3 is 6.18 Å². The van der Waals surface area contributed by atoms with E-state index in [-0.39, 0.29) is 11.6 Å². The Kier molecular flexibility index (Phi) is 5.14. The van der Waals surface area contributed by atoms with Gasteiger partial charge in [0.1, 0.15) is 0 Å². The summed E-state index contributed by atoms with van der Waals surface area (Å²) < 4.78 is 40.9. The van der Waals surface area contributed by atoms with Crippen molar-refractivity contribution in [2.45, 2.75) is 6.18 Å². The highest BCUT2D eigenvalue weighted by atomic mass is 19.4. The molecule has 0 saturated heterocycles. The van der Waals surface area contributed by atoms with E-state index in [0.717, 1.165) is 23.4 Å². The van der Waals surface area contributed by atoms with Crippen LogP contribution in [0.5, 0.6) is 0 Å². The predicted octanol–water partition coefficient (Wildman–Crippen LogP) is 5.47. The van der Waals surface area contributed by atoms with Gasteiger partial charge in [0.05, 0.1) is 16.8 Å². The summed E-state index contributed by atoms with van der Waals surface area (Å²) in [6.45, 7) is 0. The first-order valence-electron chi connectivity index (χ1n) is 9.46. The third-order valence-corrected chi connectivity index (χ3v) is 4.84. The van der Waals surface area contributed by atoms with Crippen LogP contribution in [0.1, 0.15) is 15.9 Å². The highest BCUT2D eigenvalue weighted by molar-refractivity contribution is 5.95. The molecule has 0 radical (unpaired) electrons. The molecular weight excluding hydrogens is 405 g/mol. The lowest BCUT2D eigenvalue weighted by Gasteiger charge is -2.12. The van der Waals surface area contributed by atoms with Crippen LogP contribution in [-0.2, 0) is 6.18 Å². The summed E-state index contributed by atoms with van der Waals surface area (Å²) in [7, 11) is 3.39. The molecule has 158 valence electrons. The second-order valence-corrected chi connectivity index (χ2v) is 7.23. The summed E-state index contributed by atoms with van der Waals surface area (Å²) >= 11 is 0. The van der Waals surface area contributed by atoms with Gasteiger partial charge in [-0.1, -0.05) is 18.2 Å². The van der Waals surface area contributed by atoms with Crippen molar-refractivity contribution in [1.29, 1.82) is 0 Å². The van der Waals surface area contributed by atoms with Gasteiger partial charge in [-0.2, -0.15) is 13.2 Å². The molecule has 2 aromatic heterocycles. The van der Waals surface area contributed by atoms with Crippen molar-refractivity contribution in [3.63, 3.8) is 0 Å². The van der Waals surface area contributed by atoms with Crippen molar-refractivity contribution in [2.75, 3.05) is 19.4 Å². The van der Waals surface area contributed by atoms with Gasteiger partial charge in [-0.25, -0.2) is 4.98 Å². The maximum absolute atomic E-state index is 13.0. The summed E-state index contributed by atoms with van der Waals surface area (Å²) in [6, 6.07) is 16.0. The second kappa shape index (κ2) is 7.79. The van der Waals surface area contributed by atoms with Crippen LogP contribution >= 0.6 is 0 Å². The number of benzene rings is 2. The lowest BCUT2D eigenvalue weighted by atomic mass is 10.1. The van der Waals surface area contributed by atoms with Crippen LogP contribution in [-0.4, -0.2) is 34.3 Å². The van der Waals surface area contributed by atoms with Crippen LogP contribution < -0.4 is 5.32 Å². The number of fused-ring (bicyclic) bond motifs is 1. The predicted molar refractivity (Wildman–Crippen MR) is 113 cm³/mol. The van der Waals surface area contributed by atoms with Crippen LogP contribution in [0.3, 0.4) is 0 Å². The Hall–Kier alpha value is -3.81. The minimum absolute atomic E-state index is 0.101. The maximum Gasteiger partial charge on any atom is 0.416 e. The molecule has 31 heavy (non-hydrogen) atoms. The van der Waals surface area contributed by atoms with Gasteiger partial charge in [-0.05, 0) is 48.0 Å². The van der Waals surface area contributed by atoms with E-state index in [4.69, 9.17) is 0 Å². The fourth-order valence-electron chi connectivity index (χ4n) is 3.35. The Labute approximate surface area is 176 Å². The quantitative estimate of drug-likeness (QED) is 0.473. The van der Waals surface area contributed by atoms with E-state index in [1.54, 1.807) is 38.6 Å². The van der Waals surface area contributed by atoms with E-state index in [9.17, 15) is 18.0 Å². The van der Waals surface area contributed by atoms with Crippen molar-refractivity contribution in [1.82, 2.24) is 14.3 Å². The molecule has 0 aliphatic rings. The lowest BCUT2D eigenvalue weighted by Crippen LogP contribution is -2.21. The highest BCUT2D eigenvalue weighted by Gasteiger charge is 2.30. The zero-order valence-corrected chi connectivity index (χ0v) is 16.8. The monoisotopic (exact) mass is 424 g/mol. The molecular formula is C23H19F3N4O. The number of amides is 1. The summed E-state index contributed by atoms with van der Waals surface area (Å²) in [5, 5.41) is 2.98. The average Bonchev–Trinajstić information content (AvgIpc) is 3.18. The number of carbonyl (C=O) groups excluding carboxylic acids is 1. The molecule has 0 unspecified atom stereocenters. The van der Waals surface area contributed by atoms with E-state index < -0.39 is 11.7 Å². The molecule has 2 heterocycles. The summed E-state index contributed by atoms with van der Waals surface area (Å²) in [4.78, 5) is 18.1. The number of nitrogens with zero attached hydrogens (tertiary/aromatic N) is 3. The molecule has 4 aromatic rings. The number of rotatable bonds is 4. The third-order valence-electron chi connectivity index (χ3n) is 4.84. The summed E-state index contributed by atoms with van der Waals surface area (Å²) in [5.41, 5.74) is 2.48. The zero-order chi connectivity index (χ0) is 22.2. The number of alkyl halides is 3. The topological polar surface area (TPSA) is 49.6 Å². The fraction of sp³-hybridized carbons (Fsp3) is 0.130. The van der Waals surface area contributed by atoms with Crippen molar-refractivity contribution in [2.24, 2.45) is 0 Å². The zero-order valence-electron chi connectivity index (χ0n) is 16.8. The molecule has 0 saturated carbocycles. The Bertz CT molecular complexity index is 1260. The number of aromatic nitrogens is 2. The smallest absolute Gasteiger partial charge is 0.345 e. The van der Waals surface area contributed by atoms with E-state index >= 15 is 0 Å². The van der Waals surface area contributed by atoms with E-state index in [0.29, 0.717) is 16.9 Å². The first-order chi connectivity index (χ1) is 14.7. The summed E-state index contributed by atoms with van der Waals surface area (Å²) in [5.74, 6) is 0.324. The van der Waals surface area contributed by atoms with Gasteiger partial charge in [0.15, 0.2) is 5.82 Å². The Balaban J connectivity index is 1.72. The molecule has 2 aromatic carbocycles. The minimum atomic E-state index is -4.42. The molecule has 0 spiro atoms. The molecule has 1 N–H and O–H groups in total. The van der Waals surface area contributed by atoms with Gasteiger partial charge in [0.25, 0.3) is 5.91 Å². The molecule has 1 amide bonds. The average molecular weight is 424 g/mol. The number of anilines is 2. The van der Waals surface area contributed by atoms with Gasteiger partial charge in [0, 0.05) is 37.7 Å². The lowest BCUT2D eigenvalue weighted by molar-refractivity contribution is -0.137. The highest BCUT2D eigenvalue weighted by Crippen LogP contribution is 2.32. The molecule has 5 nitrogen and oxygen atoms in total. The van der Waals surface area contributed by atoms with Crippen LogP contribution in [0.15, 0.2) is 73.1 Å². The van der Waals surface area contributed by atoms with E-state index in [1.165, 1.54) is 11.0 Å². The number of carbonyl (C=O) groups is 1. The molecule has 0 bridgehead atoms. The van der Waals surface area contributed by atoms with E-state index in [2.05, 4.69) is 10.3 Å². The molecule has 0 aliphatic heterocycles. The standard InChI is InChI=1S/C23H19F3N4O/c1-29(2)22(31)16-6-3-5-15(13-16)19-9-10-20-21(27-11-12-30(19)20)28-18-8-4-7-17(14-18)23(24,25)26/h3-14H,1-2H3,(H,27,28). The maximum atomic E-state index is 13.0. The molecule has 0 aliphatic carbocycles. The van der Waals surface area contributed by atoms with Crippen LogP contribution in [0, 0.1) is 0 Å². The largest absolute Gasteiger partial charge is 0.416 e. The number of halogens is 3. The van der Waals surface area contributed by atoms with Crippen molar-refractivity contribution >= 4 is 22.9 Å². The number of hydrogen-bond acceptors (Lipinski definition) is 3. The van der Waals surface area contributed by atoms with Gasteiger partial charge in [-0.15, -0.1) is 0 Å². The number of hydrogen-bond donors (Lipinski definition) is 1. The fourth-order valence-corrected chi connectivity index (χ4v) is 3.35. The third kappa shape index (κ3) is 4.09. The Morgan fingerprint density at radius 1 is 1.03 bits per heavy atom. The first kappa shape index (κ1) is 20.5. The van der Waals surface area contributed by atoms with Crippen molar-refractivity contribution in [3.05, 3.63) is 84.2 Å². The van der Waals surface area contributed by atoms with Crippen molar-refractivity contribution in [3.8, 4) is 11.3 Å². The molecule has 4 rings (SSSR count). The Morgan fingerprint density at radius 3 is 2.55 bits per heavy atom. The Morgan fingerprint density at radius 2 is 1.81 bits per heavy atom. The minimum Gasteiger partial charge on any atom is -0.345 e. The second-order valence-electron chi connectivity index (χ2n) is 7.23.